The summed E-state index contributed by atoms with van der Waals surface area (Å²) in [5.74, 6) is 0.0493. The third-order valence-corrected chi connectivity index (χ3v) is 4.42. The van der Waals surface area contributed by atoms with Gasteiger partial charge in [0.25, 0.3) is 0 Å². The molecular formula is C16H21FN2O2. The highest BCUT2D eigenvalue weighted by Crippen LogP contribution is 2.41. The number of nitrogens with one attached hydrogen (secondary N) is 1. The Balaban J connectivity index is 1.44. The fraction of sp³-hybridized carbons (Fsp3) is 0.562. The molecule has 1 amide bonds. The minimum absolute atomic E-state index is 0.0176. The fourth-order valence-corrected chi connectivity index (χ4v) is 2.82. The zero-order valence-electron chi connectivity index (χ0n) is 12.2. The van der Waals surface area contributed by atoms with Crippen molar-refractivity contribution in [1.82, 2.24) is 4.90 Å². The Kier molecular flexibility index (Phi) is 3.61. The molecule has 1 heterocycles. The molecule has 2 N–H and O–H groups in total. The van der Waals surface area contributed by atoms with Gasteiger partial charge >= 0.3 is 0 Å². The molecule has 2 aliphatic rings. The normalized spacial score (nSPS) is 21.6. The minimum atomic E-state index is -0.855. The average Bonchev–Trinajstić information content (AvgIpc) is 3.19. The van der Waals surface area contributed by atoms with E-state index in [1.165, 1.54) is 12.1 Å². The summed E-state index contributed by atoms with van der Waals surface area (Å²) in [5.41, 5.74) is 0.00509. The molecule has 3 rings (SSSR count). The van der Waals surface area contributed by atoms with E-state index in [0.717, 1.165) is 18.5 Å². The van der Waals surface area contributed by atoms with Crippen molar-refractivity contribution in [2.24, 2.45) is 5.92 Å². The highest BCUT2D eigenvalue weighted by atomic mass is 19.1. The Morgan fingerprint density at radius 3 is 2.57 bits per heavy atom. The van der Waals surface area contributed by atoms with Crippen molar-refractivity contribution in [3.8, 4) is 0 Å². The highest BCUT2D eigenvalue weighted by molar-refractivity contribution is 5.78. The Morgan fingerprint density at radius 2 is 2.00 bits per heavy atom. The number of aliphatic hydroxyl groups is 1. The number of rotatable bonds is 5. The van der Waals surface area contributed by atoms with Crippen LogP contribution in [0.1, 0.15) is 26.2 Å². The van der Waals surface area contributed by atoms with Crippen LogP contribution in [0.5, 0.6) is 0 Å². The molecule has 0 bridgehead atoms. The van der Waals surface area contributed by atoms with E-state index in [1.807, 2.05) is 0 Å². The van der Waals surface area contributed by atoms with Crippen molar-refractivity contribution in [2.45, 2.75) is 37.8 Å². The van der Waals surface area contributed by atoms with Crippen molar-refractivity contribution in [1.29, 1.82) is 0 Å². The summed E-state index contributed by atoms with van der Waals surface area (Å²) >= 11 is 0. The van der Waals surface area contributed by atoms with Crippen LogP contribution in [0.15, 0.2) is 24.3 Å². The number of carbonyl (C=O) groups excluding carboxylic acids is 1. The molecule has 1 saturated carbocycles. The van der Waals surface area contributed by atoms with Crippen molar-refractivity contribution < 1.29 is 14.3 Å². The molecule has 4 nitrogen and oxygen atoms in total. The largest absolute Gasteiger partial charge is 0.389 e. The molecule has 1 aliphatic carbocycles. The second-order valence-electron chi connectivity index (χ2n) is 6.46. The van der Waals surface area contributed by atoms with Gasteiger partial charge in [0, 0.05) is 18.8 Å². The van der Waals surface area contributed by atoms with Crippen LogP contribution in [0.2, 0.25) is 0 Å². The standard InChI is InChI=1S/C16H21FN2O2/c1-16(21,11-2-3-11)8-15(20)19-9-14(10-19)18-13-6-4-12(17)5-7-13/h4-7,11,14,18,21H,2-3,8-10H2,1H3/t16-/m0/s1. The maximum atomic E-state index is 12.8. The molecule has 1 atom stereocenters. The molecule has 0 unspecified atom stereocenters. The van der Waals surface area contributed by atoms with Gasteiger partial charge in [-0.05, 0) is 49.9 Å². The summed E-state index contributed by atoms with van der Waals surface area (Å²) < 4.78 is 12.8. The summed E-state index contributed by atoms with van der Waals surface area (Å²) in [6, 6.07) is 6.41. The summed E-state index contributed by atoms with van der Waals surface area (Å²) in [6.07, 6.45) is 2.25. The number of anilines is 1. The zero-order chi connectivity index (χ0) is 15.0. The van der Waals surface area contributed by atoms with E-state index < -0.39 is 5.60 Å². The van der Waals surface area contributed by atoms with Crippen LogP contribution in [-0.2, 0) is 4.79 Å². The highest BCUT2D eigenvalue weighted by Gasteiger charge is 2.43. The van der Waals surface area contributed by atoms with Crippen LogP contribution in [0.3, 0.4) is 0 Å². The number of benzene rings is 1. The predicted molar refractivity (Wildman–Crippen MR) is 78.4 cm³/mol. The molecule has 114 valence electrons. The fourth-order valence-electron chi connectivity index (χ4n) is 2.82. The number of hydrogen-bond acceptors (Lipinski definition) is 3. The average molecular weight is 292 g/mol. The zero-order valence-corrected chi connectivity index (χ0v) is 12.2. The van der Waals surface area contributed by atoms with Crippen LogP contribution in [-0.4, -0.2) is 40.6 Å². The molecule has 0 radical (unpaired) electrons. The minimum Gasteiger partial charge on any atom is -0.389 e. The van der Waals surface area contributed by atoms with Crippen molar-refractivity contribution in [3.63, 3.8) is 0 Å². The van der Waals surface area contributed by atoms with Gasteiger partial charge in [-0.3, -0.25) is 4.79 Å². The smallest absolute Gasteiger partial charge is 0.225 e. The quantitative estimate of drug-likeness (QED) is 0.873. The predicted octanol–water partition coefficient (Wildman–Crippen LogP) is 2.00. The van der Waals surface area contributed by atoms with E-state index in [9.17, 15) is 14.3 Å². The van der Waals surface area contributed by atoms with Gasteiger partial charge in [-0.25, -0.2) is 4.39 Å². The molecule has 5 heteroatoms. The van der Waals surface area contributed by atoms with E-state index in [-0.39, 0.29) is 30.1 Å². The van der Waals surface area contributed by atoms with Crippen LogP contribution >= 0.6 is 0 Å². The number of amides is 1. The first-order valence-corrected chi connectivity index (χ1v) is 7.46. The van der Waals surface area contributed by atoms with Gasteiger partial charge in [0.1, 0.15) is 5.82 Å². The first kappa shape index (κ1) is 14.3. The van der Waals surface area contributed by atoms with Crippen LogP contribution in [0.25, 0.3) is 0 Å². The molecule has 1 aromatic carbocycles. The van der Waals surface area contributed by atoms with Crippen LogP contribution < -0.4 is 5.32 Å². The number of halogens is 1. The lowest BCUT2D eigenvalue weighted by Gasteiger charge is -2.41. The second-order valence-corrected chi connectivity index (χ2v) is 6.46. The third-order valence-electron chi connectivity index (χ3n) is 4.42. The van der Waals surface area contributed by atoms with E-state index in [0.29, 0.717) is 13.1 Å². The molecular weight excluding hydrogens is 271 g/mol. The van der Waals surface area contributed by atoms with E-state index in [4.69, 9.17) is 0 Å². The Bertz CT molecular complexity index is 520. The number of nitrogens with zero attached hydrogens (tertiary/aromatic N) is 1. The van der Waals surface area contributed by atoms with Gasteiger partial charge in [-0.15, -0.1) is 0 Å². The third kappa shape index (κ3) is 3.35. The van der Waals surface area contributed by atoms with Gasteiger partial charge in [0.05, 0.1) is 18.1 Å². The molecule has 0 spiro atoms. The van der Waals surface area contributed by atoms with Gasteiger partial charge in [-0.1, -0.05) is 0 Å². The summed E-state index contributed by atoms with van der Waals surface area (Å²) in [5, 5.41) is 13.5. The maximum Gasteiger partial charge on any atom is 0.225 e. The summed E-state index contributed by atoms with van der Waals surface area (Å²) in [4.78, 5) is 13.9. The molecule has 1 saturated heterocycles. The van der Waals surface area contributed by atoms with Gasteiger partial charge in [-0.2, -0.15) is 0 Å². The number of hydrogen-bond donors (Lipinski definition) is 2. The molecule has 21 heavy (non-hydrogen) atoms. The summed E-state index contributed by atoms with van der Waals surface area (Å²) in [7, 11) is 0. The lowest BCUT2D eigenvalue weighted by molar-refractivity contribution is -0.140. The van der Waals surface area contributed by atoms with E-state index in [2.05, 4.69) is 5.32 Å². The maximum absolute atomic E-state index is 12.8. The molecule has 2 fully saturated rings. The van der Waals surface area contributed by atoms with Crippen molar-refractivity contribution in [3.05, 3.63) is 30.1 Å². The molecule has 1 aromatic rings. The van der Waals surface area contributed by atoms with Gasteiger partial charge in [0.15, 0.2) is 0 Å². The van der Waals surface area contributed by atoms with Gasteiger partial charge in [0.2, 0.25) is 5.91 Å². The topological polar surface area (TPSA) is 52.6 Å². The second kappa shape index (κ2) is 5.30. The monoisotopic (exact) mass is 292 g/mol. The van der Waals surface area contributed by atoms with Crippen LogP contribution in [0.4, 0.5) is 10.1 Å². The van der Waals surface area contributed by atoms with Crippen molar-refractivity contribution in [2.75, 3.05) is 18.4 Å². The Morgan fingerprint density at radius 1 is 1.38 bits per heavy atom. The first-order chi connectivity index (χ1) is 9.94. The van der Waals surface area contributed by atoms with E-state index >= 15 is 0 Å². The first-order valence-electron chi connectivity index (χ1n) is 7.46. The number of likely N-dealkylation sites (tertiary alicyclic amines) is 1. The summed E-state index contributed by atoms with van der Waals surface area (Å²) in [6.45, 7) is 3.03. The van der Waals surface area contributed by atoms with E-state index in [1.54, 1.807) is 24.0 Å². The van der Waals surface area contributed by atoms with Crippen LogP contribution in [0, 0.1) is 11.7 Å². The SMILES string of the molecule is C[C@](O)(CC(=O)N1CC(Nc2ccc(F)cc2)C1)C1CC1. The van der Waals surface area contributed by atoms with Gasteiger partial charge < -0.3 is 15.3 Å². The lowest BCUT2D eigenvalue weighted by atomic mass is 9.94. The van der Waals surface area contributed by atoms with Crippen molar-refractivity contribution >= 4 is 11.6 Å². The number of carbonyl (C=O) groups is 1. The Labute approximate surface area is 124 Å². The lowest BCUT2D eigenvalue weighted by Crippen LogP contribution is -2.58. The molecule has 1 aliphatic heterocycles. The molecule has 0 aromatic heterocycles. The Hall–Kier alpha value is -1.62.